The van der Waals surface area contributed by atoms with E-state index in [1.54, 1.807) is 12.1 Å². The number of likely N-dealkylation sites (N-methyl/N-ethyl adjacent to an activating group) is 1. The van der Waals surface area contributed by atoms with Gasteiger partial charge in [-0.25, -0.2) is 4.39 Å². The molecule has 122 valence electrons. The predicted molar refractivity (Wildman–Crippen MR) is 93.0 cm³/mol. The third-order valence-electron chi connectivity index (χ3n) is 3.27. The Kier molecular flexibility index (Phi) is 6.62. The van der Waals surface area contributed by atoms with Gasteiger partial charge in [-0.3, -0.25) is 4.79 Å². The minimum absolute atomic E-state index is 0.0324. The third-order valence-corrected chi connectivity index (χ3v) is 4.28. The monoisotopic (exact) mass is 332 g/mol. The highest BCUT2D eigenvalue weighted by Gasteiger charge is 2.15. The van der Waals surface area contributed by atoms with Gasteiger partial charge in [0.1, 0.15) is 5.82 Å². The van der Waals surface area contributed by atoms with Crippen LogP contribution in [0.5, 0.6) is 0 Å². The van der Waals surface area contributed by atoms with Crippen molar-refractivity contribution in [1.82, 2.24) is 10.2 Å². The Bertz CT molecular complexity index is 617. The minimum atomic E-state index is -0.270. The lowest BCUT2D eigenvalue weighted by Gasteiger charge is -2.22. The zero-order chi connectivity index (χ0) is 16.7. The quantitative estimate of drug-likeness (QED) is 0.789. The summed E-state index contributed by atoms with van der Waals surface area (Å²) >= 11 is 1.40. The van der Waals surface area contributed by atoms with Crippen molar-refractivity contribution < 1.29 is 9.18 Å². The summed E-state index contributed by atoms with van der Waals surface area (Å²) in [4.78, 5) is 15.2. The van der Waals surface area contributed by atoms with E-state index in [1.807, 2.05) is 49.3 Å². The molecule has 1 N–H and O–H groups in total. The molecule has 0 spiro atoms. The van der Waals surface area contributed by atoms with Gasteiger partial charge in [-0.15, -0.1) is 11.8 Å². The normalized spacial score (nSPS) is 12.2. The highest BCUT2D eigenvalue weighted by atomic mass is 32.2. The zero-order valence-electron chi connectivity index (χ0n) is 13.3. The van der Waals surface area contributed by atoms with Crippen LogP contribution in [0.25, 0.3) is 0 Å². The third kappa shape index (κ3) is 6.04. The van der Waals surface area contributed by atoms with E-state index in [1.165, 1.54) is 23.9 Å². The van der Waals surface area contributed by atoms with Crippen molar-refractivity contribution in [1.29, 1.82) is 0 Å². The summed E-state index contributed by atoms with van der Waals surface area (Å²) in [5.41, 5.74) is 1.08. The molecular formula is C18H21FN2OS. The van der Waals surface area contributed by atoms with Crippen LogP contribution in [-0.4, -0.2) is 37.2 Å². The van der Waals surface area contributed by atoms with Gasteiger partial charge in [0.25, 0.3) is 0 Å². The Hall–Kier alpha value is -1.85. The number of carbonyl (C=O) groups is 1. The maximum absolute atomic E-state index is 12.9. The van der Waals surface area contributed by atoms with Crippen LogP contribution in [0.1, 0.15) is 11.6 Å². The molecule has 0 aliphatic carbocycles. The van der Waals surface area contributed by atoms with Gasteiger partial charge in [0.15, 0.2) is 0 Å². The van der Waals surface area contributed by atoms with Gasteiger partial charge in [-0.05, 0) is 43.9 Å². The molecule has 0 aliphatic rings. The molecule has 2 aromatic carbocycles. The minimum Gasteiger partial charge on any atom is -0.347 e. The van der Waals surface area contributed by atoms with E-state index in [4.69, 9.17) is 0 Å². The SMILES string of the molecule is CN(C)CC(NC(=O)CSc1ccc(F)cc1)c1ccccc1. The smallest absolute Gasteiger partial charge is 0.230 e. The van der Waals surface area contributed by atoms with Crippen LogP contribution < -0.4 is 5.32 Å². The first-order valence-corrected chi connectivity index (χ1v) is 8.40. The van der Waals surface area contributed by atoms with Crippen LogP contribution in [0.3, 0.4) is 0 Å². The lowest BCUT2D eigenvalue weighted by Crippen LogP contribution is -2.36. The highest BCUT2D eigenvalue weighted by molar-refractivity contribution is 8.00. The van der Waals surface area contributed by atoms with E-state index < -0.39 is 0 Å². The Morgan fingerprint density at radius 1 is 1.13 bits per heavy atom. The molecule has 0 fully saturated rings. The number of benzene rings is 2. The van der Waals surface area contributed by atoms with Gasteiger partial charge < -0.3 is 10.2 Å². The van der Waals surface area contributed by atoms with Gasteiger partial charge >= 0.3 is 0 Å². The molecule has 1 atom stereocenters. The van der Waals surface area contributed by atoms with Crippen LogP contribution in [0.2, 0.25) is 0 Å². The number of amides is 1. The van der Waals surface area contributed by atoms with Crippen LogP contribution >= 0.6 is 11.8 Å². The first kappa shape index (κ1) is 17.5. The summed E-state index contributed by atoms with van der Waals surface area (Å²) in [6.45, 7) is 0.733. The van der Waals surface area contributed by atoms with E-state index in [2.05, 4.69) is 5.32 Å². The van der Waals surface area contributed by atoms with E-state index in [0.717, 1.165) is 17.0 Å². The zero-order valence-corrected chi connectivity index (χ0v) is 14.1. The van der Waals surface area contributed by atoms with Gasteiger partial charge in [0.2, 0.25) is 5.91 Å². The largest absolute Gasteiger partial charge is 0.347 e. The number of carbonyl (C=O) groups excluding carboxylic acids is 1. The summed E-state index contributed by atoms with van der Waals surface area (Å²) in [6.07, 6.45) is 0. The maximum Gasteiger partial charge on any atom is 0.230 e. The highest BCUT2D eigenvalue weighted by Crippen LogP contribution is 2.19. The van der Waals surface area contributed by atoms with Gasteiger partial charge in [0.05, 0.1) is 11.8 Å². The fourth-order valence-electron chi connectivity index (χ4n) is 2.20. The molecule has 0 radical (unpaired) electrons. The van der Waals surface area contributed by atoms with Crippen molar-refractivity contribution in [3.63, 3.8) is 0 Å². The first-order valence-electron chi connectivity index (χ1n) is 7.42. The second-order valence-corrected chi connectivity index (χ2v) is 6.58. The van der Waals surface area contributed by atoms with Crippen molar-refractivity contribution in [2.24, 2.45) is 0 Å². The molecule has 2 aromatic rings. The molecule has 3 nitrogen and oxygen atoms in total. The number of nitrogens with one attached hydrogen (secondary N) is 1. The molecule has 1 amide bonds. The summed E-state index contributed by atoms with van der Waals surface area (Å²) < 4.78 is 12.9. The van der Waals surface area contributed by atoms with E-state index >= 15 is 0 Å². The van der Waals surface area contributed by atoms with Crippen molar-refractivity contribution in [2.75, 3.05) is 26.4 Å². The number of hydrogen-bond donors (Lipinski definition) is 1. The molecule has 0 bridgehead atoms. The first-order chi connectivity index (χ1) is 11.0. The van der Waals surface area contributed by atoms with Crippen molar-refractivity contribution >= 4 is 17.7 Å². The number of thioether (sulfide) groups is 1. The molecule has 0 aromatic heterocycles. The molecule has 5 heteroatoms. The average molecular weight is 332 g/mol. The van der Waals surface area contributed by atoms with Crippen molar-refractivity contribution in [2.45, 2.75) is 10.9 Å². The van der Waals surface area contributed by atoms with Gasteiger partial charge in [0, 0.05) is 11.4 Å². The molecule has 23 heavy (non-hydrogen) atoms. The Morgan fingerprint density at radius 3 is 2.39 bits per heavy atom. The molecule has 2 rings (SSSR count). The van der Waals surface area contributed by atoms with Crippen LogP contribution in [0.4, 0.5) is 4.39 Å². The molecule has 0 saturated carbocycles. The fourth-order valence-corrected chi connectivity index (χ4v) is 2.91. The second-order valence-electron chi connectivity index (χ2n) is 5.54. The average Bonchev–Trinajstić information content (AvgIpc) is 2.54. The molecular weight excluding hydrogens is 311 g/mol. The van der Waals surface area contributed by atoms with Crippen molar-refractivity contribution in [3.8, 4) is 0 Å². The lowest BCUT2D eigenvalue weighted by atomic mass is 10.1. The lowest BCUT2D eigenvalue weighted by molar-refractivity contribution is -0.119. The maximum atomic E-state index is 12.9. The van der Waals surface area contributed by atoms with Gasteiger partial charge in [-0.1, -0.05) is 30.3 Å². The molecule has 0 heterocycles. The number of nitrogens with zero attached hydrogens (tertiary/aromatic N) is 1. The van der Waals surface area contributed by atoms with Crippen LogP contribution in [0, 0.1) is 5.82 Å². The number of hydrogen-bond acceptors (Lipinski definition) is 3. The summed E-state index contributed by atoms with van der Waals surface area (Å²) in [5.74, 6) is 0.00604. The summed E-state index contributed by atoms with van der Waals surface area (Å²) in [5, 5.41) is 3.07. The fraction of sp³-hybridized carbons (Fsp3) is 0.278. The molecule has 1 unspecified atom stereocenters. The predicted octanol–water partition coefficient (Wildman–Crippen LogP) is 3.34. The van der Waals surface area contributed by atoms with E-state index in [0.29, 0.717) is 5.75 Å². The Morgan fingerprint density at radius 2 is 1.78 bits per heavy atom. The molecule has 0 saturated heterocycles. The van der Waals surface area contributed by atoms with Gasteiger partial charge in [-0.2, -0.15) is 0 Å². The summed E-state index contributed by atoms with van der Waals surface area (Å²) in [7, 11) is 3.96. The van der Waals surface area contributed by atoms with Crippen LogP contribution in [-0.2, 0) is 4.79 Å². The Labute approximate surface area is 140 Å². The Balaban J connectivity index is 1.93. The van der Waals surface area contributed by atoms with E-state index in [-0.39, 0.29) is 17.8 Å². The molecule has 0 aliphatic heterocycles. The second kappa shape index (κ2) is 8.70. The van der Waals surface area contributed by atoms with Crippen LogP contribution in [0.15, 0.2) is 59.5 Å². The summed E-state index contributed by atoms with van der Waals surface area (Å²) in [6, 6.07) is 16.1. The number of halogens is 1. The van der Waals surface area contributed by atoms with E-state index in [9.17, 15) is 9.18 Å². The standard InChI is InChI=1S/C18H21FN2OS/c1-21(2)12-17(14-6-4-3-5-7-14)20-18(22)13-23-16-10-8-15(19)9-11-16/h3-11,17H,12-13H2,1-2H3,(H,20,22). The topological polar surface area (TPSA) is 32.3 Å². The number of rotatable bonds is 7. The van der Waals surface area contributed by atoms with Crippen molar-refractivity contribution in [3.05, 3.63) is 66.0 Å².